The summed E-state index contributed by atoms with van der Waals surface area (Å²) < 4.78 is 0. The minimum absolute atomic E-state index is 0. The van der Waals surface area contributed by atoms with E-state index in [1.54, 1.807) is 0 Å². The van der Waals surface area contributed by atoms with Crippen LogP contribution in [0.4, 0.5) is 0 Å². The number of hydrogen-bond acceptors (Lipinski definition) is 2. The molecule has 1 atom stereocenters. The van der Waals surface area contributed by atoms with E-state index in [0.717, 1.165) is 21.7 Å². The smallest absolute Gasteiger partial charge is 0.0624 e. The van der Waals surface area contributed by atoms with Crippen molar-refractivity contribution in [2.75, 3.05) is 6.61 Å². The van der Waals surface area contributed by atoms with Gasteiger partial charge in [0.25, 0.3) is 0 Å². The highest BCUT2D eigenvalue weighted by atomic mass is 35.5. The molecule has 0 aliphatic carbocycles. The van der Waals surface area contributed by atoms with Crippen molar-refractivity contribution in [1.82, 2.24) is 0 Å². The lowest BCUT2D eigenvalue weighted by atomic mass is 10.0. The minimum atomic E-state index is -0.324. The standard InChI is InChI=1S/C14H14ClNO.ClH/c15-13-4-2-1-3-12(13)10-5-7-11(8-6-10)14(16)9-17;/h1-8,14,17H,9,16H2;1H/t14-;/m0./s1. The van der Waals surface area contributed by atoms with Crippen molar-refractivity contribution in [3.8, 4) is 11.1 Å². The van der Waals surface area contributed by atoms with Crippen LogP contribution in [0.25, 0.3) is 11.1 Å². The number of hydrogen-bond donors (Lipinski definition) is 2. The fourth-order valence-electron chi connectivity index (χ4n) is 1.71. The molecule has 0 aliphatic heterocycles. The molecule has 2 rings (SSSR count). The molecular formula is C14H15Cl2NO. The van der Waals surface area contributed by atoms with Crippen molar-refractivity contribution in [2.45, 2.75) is 6.04 Å². The summed E-state index contributed by atoms with van der Waals surface area (Å²) in [5.74, 6) is 0. The molecule has 0 spiro atoms. The first-order valence-corrected chi connectivity index (χ1v) is 5.81. The van der Waals surface area contributed by atoms with Crippen LogP contribution in [0, 0.1) is 0 Å². The van der Waals surface area contributed by atoms with Crippen LogP contribution in [0.15, 0.2) is 48.5 Å². The molecular weight excluding hydrogens is 269 g/mol. The van der Waals surface area contributed by atoms with E-state index in [1.807, 2.05) is 48.5 Å². The normalized spacial score (nSPS) is 11.7. The fraction of sp³-hybridized carbons (Fsp3) is 0.143. The van der Waals surface area contributed by atoms with Crippen molar-refractivity contribution >= 4 is 24.0 Å². The number of halogens is 2. The molecule has 0 radical (unpaired) electrons. The van der Waals surface area contributed by atoms with Gasteiger partial charge in [-0.15, -0.1) is 12.4 Å². The highest BCUT2D eigenvalue weighted by molar-refractivity contribution is 6.33. The van der Waals surface area contributed by atoms with Gasteiger partial charge in [-0.25, -0.2) is 0 Å². The molecule has 0 heterocycles. The Morgan fingerprint density at radius 3 is 2.22 bits per heavy atom. The van der Waals surface area contributed by atoms with E-state index in [1.165, 1.54) is 0 Å². The van der Waals surface area contributed by atoms with Crippen LogP contribution < -0.4 is 5.73 Å². The quantitative estimate of drug-likeness (QED) is 0.907. The SMILES string of the molecule is Cl.N[C@@H](CO)c1ccc(-c2ccccc2Cl)cc1. The third-order valence-corrected chi connectivity index (χ3v) is 3.05. The average Bonchev–Trinajstić information content (AvgIpc) is 2.39. The first-order valence-electron chi connectivity index (χ1n) is 5.43. The number of aliphatic hydroxyl groups excluding tert-OH is 1. The average molecular weight is 284 g/mol. The zero-order valence-electron chi connectivity index (χ0n) is 9.71. The number of nitrogens with two attached hydrogens (primary N) is 1. The highest BCUT2D eigenvalue weighted by Crippen LogP contribution is 2.28. The third kappa shape index (κ3) is 3.24. The van der Waals surface area contributed by atoms with Crippen LogP contribution in [0.2, 0.25) is 5.02 Å². The van der Waals surface area contributed by atoms with Gasteiger partial charge < -0.3 is 10.8 Å². The molecule has 0 bridgehead atoms. The van der Waals surface area contributed by atoms with Crippen LogP contribution in [0.3, 0.4) is 0 Å². The molecule has 2 nitrogen and oxygen atoms in total. The Labute approximate surface area is 118 Å². The van der Waals surface area contributed by atoms with Crippen LogP contribution in [-0.4, -0.2) is 11.7 Å². The molecule has 0 amide bonds. The molecule has 0 aliphatic rings. The molecule has 0 fully saturated rings. The minimum Gasteiger partial charge on any atom is -0.394 e. The van der Waals surface area contributed by atoms with E-state index in [2.05, 4.69) is 0 Å². The van der Waals surface area contributed by atoms with Gasteiger partial charge in [0.15, 0.2) is 0 Å². The Balaban J connectivity index is 0.00000162. The summed E-state index contributed by atoms with van der Waals surface area (Å²) in [6.45, 7) is -0.0502. The summed E-state index contributed by atoms with van der Waals surface area (Å²) >= 11 is 6.12. The van der Waals surface area contributed by atoms with Gasteiger partial charge in [0.2, 0.25) is 0 Å². The number of rotatable bonds is 3. The second kappa shape index (κ2) is 6.76. The zero-order valence-corrected chi connectivity index (χ0v) is 11.3. The molecule has 0 saturated carbocycles. The van der Waals surface area contributed by atoms with Gasteiger partial charge in [-0.3, -0.25) is 0 Å². The molecule has 2 aromatic rings. The summed E-state index contributed by atoms with van der Waals surface area (Å²) in [4.78, 5) is 0. The molecule has 96 valence electrons. The van der Waals surface area contributed by atoms with Crippen molar-refractivity contribution in [3.05, 3.63) is 59.1 Å². The van der Waals surface area contributed by atoms with E-state index in [9.17, 15) is 0 Å². The van der Waals surface area contributed by atoms with E-state index in [-0.39, 0.29) is 25.1 Å². The molecule has 2 aromatic carbocycles. The summed E-state index contributed by atoms with van der Waals surface area (Å²) in [7, 11) is 0. The number of aliphatic hydroxyl groups is 1. The van der Waals surface area contributed by atoms with Gasteiger partial charge in [-0.2, -0.15) is 0 Å². The van der Waals surface area contributed by atoms with Crippen molar-refractivity contribution < 1.29 is 5.11 Å². The lowest BCUT2D eigenvalue weighted by molar-refractivity contribution is 0.268. The predicted molar refractivity (Wildman–Crippen MR) is 78.2 cm³/mol. The predicted octanol–water partition coefficient (Wildman–Crippen LogP) is 3.42. The summed E-state index contributed by atoms with van der Waals surface area (Å²) in [6, 6.07) is 15.1. The van der Waals surface area contributed by atoms with Crippen LogP contribution >= 0.6 is 24.0 Å². The molecule has 0 saturated heterocycles. The molecule has 18 heavy (non-hydrogen) atoms. The first-order chi connectivity index (χ1) is 8.22. The second-order valence-electron chi connectivity index (χ2n) is 3.89. The van der Waals surface area contributed by atoms with E-state index >= 15 is 0 Å². The Hall–Kier alpha value is -1.06. The molecule has 0 aromatic heterocycles. The number of benzene rings is 2. The first kappa shape index (κ1) is 15.0. The van der Waals surface area contributed by atoms with Gasteiger partial charge in [-0.1, -0.05) is 54.1 Å². The highest BCUT2D eigenvalue weighted by Gasteiger charge is 2.06. The largest absolute Gasteiger partial charge is 0.394 e. The fourth-order valence-corrected chi connectivity index (χ4v) is 1.96. The monoisotopic (exact) mass is 283 g/mol. The van der Waals surface area contributed by atoms with Crippen molar-refractivity contribution in [3.63, 3.8) is 0 Å². The summed E-state index contributed by atoms with van der Waals surface area (Å²) in [5.41, 5.74) is 8.70. The maximum Gasteiger partial charge on any atom is 0.0624 e. The van der Waals surface area contributed by atoms with Gasteiger partial charge in [0, 0.05) is 10.6 Å². The Bertz CT molecular complexity index is 499. The van der Waals surface area contributed by atoms with Gasteiger partial charge in [0.05, 0.1) is 12.6 Å². The van der Waals surface area contributed by atoms with E-state index < -0.39 is 0 Å². The van der Waals surface area contributed by atoms with E-state index in [4.69, 9.17) is 22.4 Å². The Morgan fingerprint density at radius 2 is 1.67 bits per heavy atom. The maximum atomic E-state index is 8.97. The maximum absolute atomic E-state index is 8.97. The van der Waals surface area contributed by atoms with Crippen molar-refractivity contribution in [1.29, 1.82) is 0 Å². The van der Waals surface area contributed by atoms with Gasteiger partial charge in [0.1, 0.15) is 0 Å². The summed E-state index contributed by atoms with van der Waals surface area (Å²) in [6.07, 6.45) is 0. The third-order valence-electron chi connectivity index (χ3n) is 2.72. The second-order valence-corrected chi connectivity index (χ2v) is 4.30. The van der Waals surface area contributed by atoms with Crippen molar-refractivity contribution in [2.24, 2.45) is 5.73 Å². The van der Waals surface area contributed by atoms with Crippen LogP contribution in [0.5, 0.6) is 0 Å². The van der Waals surface area contributed by atoms with Crippen LogP contribution in [-0.2, 0) is 0 Å². The zero-order chi connectivity index (χ0) is 12.3. The topological polar surface area (TPSA) is 46.2 Å². The Morgan fingerprint density at radius 1 is 1.06 bits per heavy atom. The lowest BCUT2D eigenvalue weighted by Crippen LogP contribution is -2.14. The molecule has 4 heteroatoms. The van der Waals surface area contributed by atoms with Crippen LogP contribution in [0.1, 0.15) is 11.6 Å². The molecule has 0 unspecified atom stereocenters. The van der Waals surface area contributed by atoms with E-state index in [0.29, 0.717) is 0 Å². The van der Waals surface area contributed by atoms with Gasteiger partial charge >= 0.3 is 0 Å². The lowest BCUT2D eigenvalue weighted by Gasteiger charge is -2.10. The summed E-state index contributed by atoms with van der Waals surface area (Å²) in [5, 5.41) is 9.70. The Kier molecular flexibility index (Phi) is 5.63. The molecule has 3 N–H and O–H groups in total. The van der Waals surface area contributed by atoms with Gasteiger partial charge in [-0.05, 0) is 17.2 Å².